The van der Waals surface area contributed by atoms with Crippen LogP contribution in [0.5, 0.6) is 5.75 Å². The summed E-state index contributed by atoms with van der Waals surface area (Å²) in [4.78, 5) is 12.2. The number of likely N-dealkylation sites (N-methyl/N-ethyl adjacent to an activating group) is 1. The topological polar surface area (TPSA) is 47.0 Å². The number of fused-ring (bicyclic) bond motifs is 1. The van der Waals surface area contributed by atoms with Gasteiger partial charge in [-0.1, -0.05) is 24.2 Å². The number of hydrogen-bond donors (Lipinski definition) is 0. The molecule has 0 amide bonds. The Labute approximate surface area is 136 Å². The second-order valence-electron chi connectivity index (χ2n) is 5.97. The number of methoxy groups -OCH3 is 1. The van der Waals surface area contributed by atoms with Gasteiger partial charge in [0.1, 0.15) is 17.4 Å². The highest BCUT2D eigenvalue weighted by Gasteiger charge is 2.21. The zero-order chi connectivity index (χ0) is 16.2. The first kappa shape index (κ1) is 15.7. The van der Waals surface area contributed by atoms with E-state index in [1.54, 1.807) is 13.3 Å². The molecule has 2 aromatic rings. The average molecular weight is 313 g/mol. The minimum absolute atomic E-state index is 0.164. The summed E-state index contributed by atoms with van der Waals surface area (Å²) in [6.45, 7) is 3.82. The van der Waals surface area contributed by atoms with Crippen molar-refractivity contribution in [2.75, 3.05) is 20.7 Å². The van der Waals surface area contributed by atoms with Gasteiger partial charge in [0, 0.05) is 31.1 Å². The van der Waals surface area contributed by atoms with Crippen LogP contribution in [-0.4, -0.2) is 42.4 Å². The first-order valence-corrected chi connectivity index (χ1v) is 8.02. The van der Waals surface area contributed by atoms with Gasteiger partial charge in [0.15, 0.2) is 0 Å². The van der Waals surface area contributed by atoms with E-state index in [0.717, 1.165) is 48.3 Å². The van der Waals surface area contributed by atoms with Gasteiger partial charge in [0.25, 0.3) is 0 Å². The zero-order valence-corrected chi connectivity index (χ0v) is 14.0. The molecule has 0 aliphatic carbocycles. The third-order valence-corrected chi connectivity index (χ3v) is 4.20. The lowest BCUT2D eigenvalue weighted by atomic mass is 10.1. The predicted octanol–water partition coefficient (Wildman–Crippen LogP) is 3.23. The minimum atomic E-state index is 0.164. The molecule has 1 aliphatic heterocycles. The van der Waals surface area contributed by atoms with Crippen LogP contribution in [0.15, 0.2) is 35.6 Å². The first-order valence-electron chi connectivity index (χ1n) is 8.02. The Balaban J connectivity index is 1.72. The maximum absolute atomic E-state index is 5.50. The number of oxime groups is 1. The molecule has 0 fully saturated rings. The highest BCUT2D eigenvalue weighted by Crippen LogP contribution is 2.27. The molecular weight excluding hydrogens is 290 g/mol. The fourth-order valence-corrected chi connectivity index (χ4v) is 3.00. The van der Waals surface area contributed by atoms with Crippen molar-refractivity contribution in [3.8, 4) is 5.75 Å². The van der Waals surface area contributed by atoms with E-state index in [2.05, 4.69) is 41.1 Å². The second kappa shape index (κ2) is 6.96. The van der Waals surface area contributed by atoms with Crippen molar-refractivity contribution in [3.63, 3.8) is 0 Å². The molecule has 0 unspecified atom stereocenters. The van der Waals surface area contributed by atoms with Gasteiger partial charge < -0.3 is 9.57 Å². The molecule has 122 valence electrons. The van der Waals surface area contributed by atoms with E-state index < -0.39 is 0 Å². The summed E-state index contributed by atoms with van der Waals surface area (Å²) in [6, 6.07) is 8.16. The zero-order valence-electron chi connectivity index (χ0n) is 14.0. The van der Waals surface area contributed by atoms with Crippen molar-refractivity contribution >= 4 is 16.6 Å². The third kappa shape index (κ3) is 3.45. The lowest BCUT2D eigenvalue weighted by Gasteiger charge is -2.20. The molecule has 5 nitrogen and oxygen atoms in total. The van der Waals surface area contributed by atoms with Gasteiger partial charge >= 0.3 is 0 Å². The first-order chi connectivity index (χ1) is 11.2. The average Bonchev–Trinajstić information content (AvgIpc) is 3.02. The lowest BCUT2D eigenvalue weighted by molar-refractivity contribution is 0.0577. The maximum Gasteiger partial charge on any atom is 0.145 e. The molecular formula is C18H23N3O2. The number of hydrogen-bond acceptors (Lipinski definition) is 5. The van der Waals surface area contributed by atoms with Crippen LogP contribution in [0.3, 0.4) is 0 Å². The Bertz CT molecular complexity index is 714. The van der Waals surface area contributed by atoms with Crippen LogP contribution >= 0.6 is 0 Å². The van der Waals surface area contributed by atoms with Gasteiger partial charge in [-0.15, -0.1) is 0 Å². The SMILES string of the molecule is CCC1=NO[C@@H](CN(C)Cc2ccc(OC)c3ncccc23)C1. The molecule has 3 rings (SSSR count). The van der Waals surface area contributed by atoms with E-state index in [0.29, 0.717) is 0 Å². The van der Waals surface area contributed by atoms with Gasteiger partial charge in [-0.3, -0.25) is 9.88 Å². The van der Waals surface area contributed by atoms with Crippen molar-refractivity contribution in [2.24, 2.45) is 5.16 Å². The van der Waals surface area contributed by atoms with Gasteiger partial charge in [-0.05, 0) is 31.2 Å². The number of aromatic nitrogens is 1. The molecule has 1 aromatic heterocycles. The lowest BCUT2D eigenvalue weighted by Crippen LogP contribution is -2.29. The number of rotatable bonds is 6. The smallest absolute Gasteiger partial charge is 0.145 e. The van der Waals surface area contributed by atoms with Crippen LogP contribution in [-0.2, 0) is 11.4 Å². The molecule has 0 radical (unpaired) electrons. The summed E-state index contributed by atoms with van der Waals surface area (Å²) in [5, 5.41) is 5.27. The summed E-state index contributed by atoms with van der Waals surface area (Å²) in [5.74, 6) is 0.812. The number of nitrogens with zero attached hydrogens (tertiary/aromatic N) is 3. The Hall–Kier alpha value is -2.14. The van der Waals surface area contributed by atoms with E-state index in [9.17, 15) is 0 Å². The van der Waals surface area contributed by atoms with E-state index in [1.165, 1.54) is 5.56 Å². The molecule has 1 atom stereocenters. The van der Waals surface area contributed by atoms with E-state index in [-0.39, 0.29) is 6.10 Å². The number of ether oxygens (including phenoxy) is 1. The number of pyridine rings is 1. The molecule has 5 heteroatoms. The van der Waals surface area contributed by atoms with Crippen LogP contribution in [0.2, 0.25) is 0 Å². The Kier molecular flexibility index (Phi) is 4.76. The monoisotopic (exact) mass is 313 g/mol. The van der Waals surface area contributed by atoms with E-state index in [1.807, 2.05) is 12.1 Å². The Morgan fingerprint density at radius 2 is 2.22 bits per heavy atom. The van der Waals surface area contributed by atoms with Crippen molar-refractivity contribution in [1.82, 2.24) is 9.88 Å². The highest BCUT2D eigenvalue weighted by atomic mass is 16.6. The quantitative estimate of drug-likeness (QED) is 0.821. The maximum atomic E-state index is 5.50. The molecule has 0 bridgehead atoms. The molecule has 0 saturated carbocycles. The minimum Gasteiger partial charge on any atom is -0.494 e. The van der Waals surface area contributed by atoms with Gasteiger partial charge in [-0.25, -0.2) is 0 Å². The second-order valence-corrected chi connectivity index (χ2v) is 5.97. The molecule has 0 saturated heterocycles. The van der Waals surface area contributed by atoms with Crippen LogP contribution < -0.4 is 4.74 Å². The number of benzene rings is 1. The normalized spacial score (nSPS) is 17.4. The van der Waals surface area contributed by atoms with Crippen molar-refractivity contribution < 1.29 is 9.57 Å². The highest BCUT2D eigenvalue weighted by molar-refractivity contribution is 5.87. The van der Waals surface area contributed by atoms with Gasteiger partial charge in [-0.2, -0.15) is 0 Å². The Morgan fingerprint density at radius 3 is 2.96 bits per heavy atom. The largest absolute Gasteiger partial charge is 0.494 e. The van der Waals surface area contributed by atoms with Crippen LogP contribution in [0.25, 0.3) is 10.9 Å². The summed E-state index contributed by atoms with van der Waals surface area (Å²) in [5.41, 5.74) is 3.31. The van der Waals surface area contributed by atoms with Crippen molar-refractivity contribution in [3.05, 3.63) is 36.0 Å². The van der Waals surface area contributed by atoms with Gasteiger partial charge in [0.2, 0.25) is 0 Å². The fourth-order valence-electron chi connectivity index (χ4n) is 3.00. The van der Waals surface area contributed by atoms with E-state index in [4.69, 9.17) is 9.57 Å². The molecule has 0 N–H and O–H groups in total. The van der Waals surface area contributed by atoms with Crippen molar-refractivity contribution in [1.29, 1.82) is 0 Å². The molecule has 23 heavy (non-hydrogen) atoms. The van der Waals surface area contributed by atoms with E-state index >= 15 is 0 Å². The fraction of sp³-hybridized carbons (Fsp3) is 0.444. The molecule has 1 aromatic carbocycles. The summed E-state index contributed by atoms with van der Waals surface area (Å²) < 4.78 is 5.41. The molecule has 0 spiro atoms. The van der Waals surface area contributed by atoms with Gasteiger partial charge in [0.05, 0.1) is 12.8 Å². The third-order valence-electron chi connectivity index (χ3n) is 4.20. The molecule has 1 aliphatic rings. The predicted molar refractivity (Wildman–Crippen MR) is 91.8 cm³/mol. The van der Waals surface area contributed by atoms with Crippen LogP contribution in [0.1, 0.15) is 25.3 Å². The Morgan fingerprint density at radius 1 is 1.35 bits per heavy atom. The van der Waals surface area contributed by atoms with Crippen LogP contribution in [0, 0.1) is 0 Å². The summed E-state index contributed by atoms with van der Waals surface area (Å²) in [6.07, 6.45) is 3.87. The molecule has 2 heterocycles. The van der Waals surface area contributed by atoms with Crippen molar-refractivity contribution in [2.45, 2.75) is 32.4 Å². The summed E-state index contributed by atoms with van der Waals surface area (Å²) in [7, 11) is 3.79. The van der Waals surface area contributed by atoms with Crippen LogP contribution in [0.4, 0.5) is 0 Å². The summed E-state index contributed by atoms with van der Waals surface area (Å²) >= 11 is 0. The standard InChI is InChI=1S/C18H23N3O2/c1-4-14-10-15(23-20-14)12-21(2)11-13-7-8-17(22-3)18-16(13)6-5-9-19-18/h5-9,15H,4,10-12H2,1-3H3/t15-/m1/s1.